The predicted octanol–water partition coefficient (Wildman–Crippen LogP) is 21.0. The largest absolute Gasteiger partial charge is 0.484 e. The van der Waals surface area contributed by atoms with Crippen molar-refractivity contribution >= 4 is 215 Å². The number of carbonyl (C=O) groups excluding carboxylic acids is 6. The zero-order valence-electron chi connectivity index (χ0n) is 70.4. The molecule has 34 heteroatoms. The first kappa shape index (κ1) is 98.9. The van der Waals surface area contributed by atoms with Gasteiger partial charge in [-0.25, -0.2) is 9.59 Å². The Kier molecular flexibility index (Phi) is 33.7. The van der Waals surface area contributed by atoms with Crippen molar-refractivity contribution < 1.29 is 47.7 Å². The molecule has 14 aliphatic rings. The number of nitrogens with two attached hydrogens (primary N) is 2. The van der Waals surface area contributed by atoms with Gasteiger partial charge in [-0.2, -0.15) is 0 Å². The molecular formula is C95H100Br4Cl8N12O10. The average Bonchev–Trinajstić information content (AvgIpc) is 1.67. The van der Waals surface area contributed by atoms with Crippen molar-refractivity contribution in [2.75, 3.05) is 103 Å². The van der Waals surface area contributed by atoms with Crippen LogP contribution in [0.4, 0.5) is 32.3 Å². The Morgan fingerprint density at radius 3 is 0.953 bits per heavy atom. The quantitative estimate of drug-likeness (QED) is 0.0123. The summed E-state index contributed by atoms with van der Waals surface area (Å²) in [6, 6.07) is 65.7. The van der Waals surface area contributed by atoms with E-state index in [4.69, 9.17) is 123 Å². The molecule has 10 N–H and O–H groups in total. The van der Waals surface area contributed by atoms with Crippen LogP contribution >= 0.6 is 157 Å². The molecule has 2 heterocycles. The highest BCUT2D eigenvalue weighted by molar-refractivity contribution is 9.12. The Morgan fingerprint density at radius 1 is 0.357 bits per heavy atom. The van der Waals surface area contributed by atoms with Crippen LogP contribution in [0.2, 0.25) is 40.2 Å². The number of aryl methyl sites for hydroxylation is 1. The van der Waals surface area contributed by atoms with Crippen molar-refractivity contribution in [2.45, 2.75) is 134 Å². The molecule has 684 valence electrons. The summed E-state index contributed by atoms with van der Waals surface area (Å²) in [7, 11) is 0. The van der Waals surface area contributed by atoms with Gasteiger partial charge < -0.3 is 72.1 Å². The van der Waals surface area contributed by atoms with Crippen LogP contribution in [0.3, 0.4) is 0 Å². The molecule has 2 aliphatic heterocycles. The first-order valence-electron chi connectivity index (χ1n) is 42.2. The lowest BCUT2D eigenvalue weighted by molar-refractivity contribution is -0.166. The fourth-order valence-corrected chi connectivity index (χ4v) is 20.2. The maximum absolute atomic E-state index is 13.0. The molecular weight excluding hydrogens is 2070 g/mol. The fourth-order valence-electron chi connectivity index (χ4n) is 18.6. The molecule has 12 saturated carbocycles. The van der Waals surface area contributed by atoms with Crippen molar-refractivity contribution in [1.29, 1.82) is 0 Å². The Bertz CT molecular complexity index is 5060. The number of hydrogen-bond donors (Lipinski definition) is 8. The number of ether oxygens (including phenoxy) is 4. The van der Waals surface area contributed by atoms with Crippen LogP contribution in [0.25, 0.3) is 0 Å². The van der Waals surface area contributed by atoms with Gasteiger partial charge in [0.25, 0.3) is 23.6 Å². The summed E-state index contributed by atoms with van der Waals surface area (Å²) in [5.74, 6) is 2.04. The number of amides is 8. The number of halogens is 12. The molecule has 9 aromatic rings. The van der Waals surface area contributed by atoms with E-state index in [2.05, 4.69) is 108 Å². The summed E-state index contributed by atoms with van der Waals surface area (Å²) in [6.45, 7) is 4.43. The van der Waals surface area contributed by atoms with Crippen molar-refractivity contribution in [3.8, 4) is 23.0 Å². The number of hydrogen-bond acceptors (Lipinski definition) is 14. The van der Waals surface area contributed by atoms with Gasteiger partial charge in [-0.05, 0) is 302 Å². The number of alkyl halides is 3. The molecule has 8 amide bonds. The minimum atomic E-state index is -0.200. The van der Waals surface area contributed by atoms with E-state index in [9.17, 15) is 28.8 Å². The second kappa shape index (κ2) is 44.0. The summed E-state index contributed by atoms with van der Waals surface area (Å²) in [6.07, 6.45) is 12.7. The first-order chi connectivity index (χ1) is 61.7. The summed E-state index contributed by atoms with van der Waals surface area (Å²) < 4.78 is 23.0. The molecule has 22 nitrogen and oxygen atoms in total. The number of nitrogen functional groups attached to an aromatic ring is 1. The van der Waals surface area contributed by atoms with Crippen molar-refractivity contribution in [1.82, 2.24) is 36.4 Å². The highest BCUT2D eigenvalue weighted by atomic mass is 79.9. The Hall–Kier alpha value is -7.64. The lowest BCUT2D eigenvalue weighted by atomic mass is 9.43. The number of nitrogens with one attached hydrogen (secondary N) is 6. The minimum Gasteiger partial charge on any atom is -0.484 e. The normalized spacial score (nSPS) is 23.9. The maximum atomic E-state index is 13.0. The molecule has 23 rings (SSSR count). The topological polar surface area (TPSA) is 277 Å². The SMILES string of the molecule is BrCCBr.Clc1ccc(CCCBr)cc1.NC12CC(NC(=O)COc3ccc(Cl)cc3)(C1)C2.Nc1ccc(Br)cc1.O=C(COc1ccc(Cl)cc1)NC12CC(N3CCN(c4ccc(Cl)cc4)C3=O)(C1)C2.O=C(COc1ccc(Cl)cc1)NC12CC(N3CCN(c4ccc(Cl)cc4)C3=O)(C1)C2.O=C(COc1ccc(Cl)cc1)NC12CC(NCCNc3ccc(Cl)cc3)(C1)C2. The maximum Gasteiger partial charge on any atom is 0.325 e. The van der Waals surface area contributed by atoms with Gasteiger partial charge in [-0.15, -0.1) is 0 Å². The van der Waals surface area contributed by atoms with E-state index in [1.165, 1.54) is 12.0 Å². The fraction of sp³-hybridized carbons (Fsp3) is 0.368. The van der Waals surface area contributed by atoms with Crippen molar-refractivity contribution in [2.24, 2.45) is 5.73 Å². The van der Waals surface area contributed by atoms with E-state index in [1.807, 2.05) is 94.7 Å². The summed E-state index contributed by atoms with van der Waals surface area (Å²) >= 11 is 59.9. The number of carbonyl (C=O) groups is 6. The number of urea groups is 2. The standard InChI is InChI=1S/2C22H21Cl2N3O3.C21H23Cl2N3O2.C13H15ClN2O2.C9H10BrCl.C6H6BrN.C2H4Br2/c2*23-15-1-5-17(6-2-15)26-9-10-27(20(26)29)22-12-21(13-22,14-22)25-19(28)11-30-18-7-3-16(24)4-8-18;22-15-1-5-17(6-2-15)24-9-10-25-20-12-21(13-20,14-20)26-19(27)11-28-18-7-3-16(23)4-8-18;14-9-1-3-10(4-2-9)18-5-11(17)16-13-6-12(15,7-13)8-13;10-7-1-2-8-3-5-9(11)6-4-8;7-5-1-3-6(8)4-2-5;3-1-2-4/h2*1-8H,9-14H2,(H,25,28);1-8,24-25H,9-14H2,(H,26,27);1-4H,5-8,15H2,(H,16,17);3-6H,1-2,7H2;1-4H,8H2;1-2H2. The van der Waals surface area contributed by atoms with E-state index in [1.54, 1.807) is 131 Å². The van der Waals surface area contributed by atoms with E-state index < -0.39 is 0 Å². The molecule has 9 aromatic carbocycles. The molecule has 14 fully saturated rings. The van der Waals surface area contributed by atoms with Crippen LogP contribution in [-0.4, -0.2) is 171 Å². The smallest absolute Gasteiger partial charge is 0.325 e. The van der Waals surface area contributed by atoms with Crippen LogP contribution in [-0.2, 0) is 25.6 Å². The molecule has 12 aliphatic carbocycles. The molecule has 0 spiro atoms. The van der Waals surface area contributed by atoms with Gasteiger partial charge >= 0.3 is 12.1 Å². The highest BCUT2D eigenvalue weighted by Gasteiger charge is 2.74. The molecule has 2 saturated heterocycles. The van der Waals surface area contributed by atoms with Crippen LogP contribution in [0.5, 0.6) is 23.0 Å². The van der Waals surface area contributed by atoms with E-state index >= 15 is 0 Å². The molecule has 8 bridgehead atoms. The second-order valence-corrected chi connectivity index (χ2v) is 41.1. The Labute approximate surface area is 825 Å². The molecule has 0 radical (unpaired) electrons. The van der Waals surface area contributed by atoms with E-state index in [-0.39, 0.29) is 106 Å². The third-order valence-corrected chi connectivity index (χ3v) is 29.1. The minimum absolute atomic E-state index is 0.00428. The number of rotatable bonds is 29. The number of benzene rings is 9. The van der Waals surface area contributed by atoms with E-state index in [0.717, 1.165) is 150 Å². The van der Waals surface area contributed by atoms with Crippen LogP contribution < -0.4 is 72.1 Å². The van der Waals surface area contributed by atoms with Gasteiger partial charge in [0.2, 0.25) is 0 Å². The second-order valence-electron chi connectivity index (χ2n) is 34.3. The van der Waals surface area contributed by atoms with Gasteiger partial charge in [0, 0.05) is 156 Å². The van der Waals surface area contributed by atoms with E-state index in [0.29, 0.717) is 79.3 Å². The lowest BCUT2D eigenvalue weighted by Crippen LogP contribution is -2.84. The summed E-state index contributed by atoms with van der Waals surface area (Å²) in [5, 5.41) is 27.9. The average molecular weight is 2170 g/mol. The highest BCUT2D eigenvalue weighted by Crippen LogP contribution is 2.66. The zero-order valence-corrected chi connectivity index (χ0v) is 82.8. The van der Waals surface area contributed by atoms with Crippen LogP contribution in [0.15, 0.2) is 223 Å². The molecule has 0 unspecified atom stereocenters. The van der Waals surface area contributed by atoms with Gasteiger partial charge in [0.1, 0.15) is 23.0 Å². The summed E-state index contributed by atoms with van der Waals surface area (Å²) in [4.78, 5) is 82.0. The predicted molar refractivity (Wildman–Crippen MR) is 531 cm³/mol. The number of anilines is 4. The third-order valence-electron chi connectivity index (χ3n) is 24.2. The third kappa shape index (κ3) is 26.3. The monoisotopic (exact) mass is 2160 g/mol. The van der Waals surface area contributed by atoms with Crippen LogP contribution in [0.1, 0.15) is 89.0 Å². The van der Waals surface area contributed by atoms with Crippen molar-refractivity contribution in [3.05, 3.63) is 269 Å². The lowest BCUT2D eigenvalue weighted by Gasteiger charge is -2.72. The number of nitrogens with zero attached hydrogens (tertiary/aromatic N) is 4. The van der Waals surface area contributed by atoms with Crippen LogP contribution in [0, 0.1) is 0 Å². The first-order valence-corrected chi connectivity index (χ1v) is 49.4. The molecule has 129 heavy (non-hydrogen) atoms. The van der Waals surface area contributed by atoms with Gasteiger partial charge in [0.05, 0.1) is 11.1 Å². The van der Waals surface area contributed by atoms with Gasteiger partial charge in [-0.1, -0.05) is 169 Å². The molecule has 0 aromatic heterocycles. The van der Waals surface area contributed by atoms with Gasteiger partial charge in [-0.3, -0.25) is 29.0 Å². The zero-order chi connectivity index (χ0) is 91.8. The Balaban J connectivity index is 0.000000137. The molecule has 0 atom stereocenters. The van der Waals surface area contributed by atoms with Gasteiger partial charge in [0.15, 0.2) is 26.4 Å². The Morgan fingerprint density at radius 2 is 0.651 bits per heavy atom. The summed E-state index contributed by atoms with van der Waals surface area (Å²) in [5.41, 5.74) is 15.7. The van der Waals surface area contributed by atoms with Crippen molar-refractivity contribution in [3.63, 3.8) is 0 Å².